The average Bonchev–Trinajstić information content (AvgIpc) is 3.16. The Kier molecular flexibility index (Phi) is 6.77. The molecule has 1 aliphatic heterocycles. The SMILES string of the molecule is COCc1nnc(NC(=O)[C@@H](C)NC(=O)N2CCN(c3ccccc3)CC2)s1. The molecule has 0 aliphatic carbocycles. The fourth-order valence-corrected chi connectivity index (χ4v) is 3.56. The van der Waals surface area contributed by atoms with Gasteiger partial charge in [0.1, 0.15) is 17.7 Å². The number of nitrogens with zero attached hydrogens (tertiary/aromatic N) is 4. The fraction of sp³-hybridized carbons (Fsp3) is 0.444. The van der Waals surface area contributed by atoms with E-state index in [4.69, 9.17) is 4.74 Å². The van der Waals surface area contributed by atoms with Gasteiger partial charge in [-0.3, -0.25) is 10.1 Å². The van der Waals surface area contributed by atoms with Gasteiger partial charge in [0, 0.05) is 39.0 Å². The van der Waals surface area contributed by atoms with Gasteiger partial charge in [-0.2, -0.15) is 0 Å². The summed E-state index contributed by atoms with van der Waals surface area (Å²) < 4.78 is 4.98. The molecule has 1 fully saturated rings. The summed E-state index contributed by atoms with van der Waals surface area (Å²) in [5.41, 5.74) is 1.15. The maximum atomic E-state index is 12.5. The number of amides is 3. The number of piperazine rings is 1. The molecule has 1 aromatic carbocycles. The van der Waals surface area contributed by atoms with Crippen LogP contribution in [0.4, 0.5) is 15.6 Å². The van der Waals surface area contributed by atoms with E-state index in [9.17, 15) is 9.59 Å². The zero-order valence-corrected chi connectivity index (χ0v) is 16.7. The van der Waals surface area contributed by atoms with Gasteiger partial charge in [-0.15, -0.1) is 10.2 Å². The monoisotopic (exact) mass is 404 g/mol. The summed E-state index contributed by atoms with van der Waals surface area (Å²) in [6.07, 6.45) is 0. The van der Waals surface area contributed by atoms with E-state index in [1.807, 2.05) is 18.2 Å². The van der Waals surface area contributed by atoms with E-state index in [-0.39, 0.29) is 11.9 Å². The highest BCUT2D eigenvalue weighted by Crippen LogP contribution is 2.17. The van der Waals surface area contributed by atoms with Crippen molar-refractivity contribution in [1.82, 2.24) is 20.4 Å². The summed E-state index contributed by atoms with van der Waals surface area (Å²) in [6.45, 7) is 4.70. The van der Waals surface area contributed by atoms with Crippen LogP contribution in [0.3, 0.4) is 0 Å². The Labute approximate surface area is 167 Å². The van der Waals surface area contributed by atoms with Gasteiger partial charge in [0.15, 0.2) is 0 Å². The molecule has 1 aromatic heterocycles. The predicted octanol–water partition coefficient (Wildman–Crippen LogP) is 1.54. The van der Waals surface area contributed by atoms with Crippen LogP contribution in [0.5, 0.6) is 0 Å². The summed E-state index contributed by atoms with van der Waals surface area (Å²) in [6, 6.07) is 9.19. The number of para-hydroxylation sites is 1. The molecule has 0 unspecified atom stereocenters. The van der Waals surface area contributed by atoms with E-state index in [2.05, 4.69) is 37.9 Å². The Balaban J connectivity index is 1.45. The second-order valence-electron chi connectivity index (χ2n) is 6.40. The van der Waals surface area contributed by atoms with Crippen molar-refractivity contribution in [2.45, 2.75) is 19.6 Å². The van der Waals surface area contributed by atoms with Crippen molar-refractivity contribution >= 4 is 34.1 Å². The first-order valence-corrected chi connectivity index (χ1v) is 9.86. The van der Waals surface area contributed by atoms with Gasteiger partial charge >= 0.3 is 6.03 Å². The molecule has 2 N–H and O–H groups in total. The number of urea groups is 1. The third kappa shape index (κ3) is 5.17. The molecule has 0 radical (unpaired) electrons. The second kappa shape index (κ2) is 9.47. The van der Waals surface area contributed by atoms with Gasteiger partial charge in [0.25, 0.3) is 0 Å². The zero-order valence-electron chi connectivity index (χ0n) is 15.9. The van der Waals surface area contributed by atoms with Crippen LogP contribution < -0.4 is 15.5 Å². The molecule has 28 heavy (non-hydrogen) atoms. The predicted molar refractivity (Wildman–Crippen MR) is 107 cm³/mol. The molecular formula is C18H24N6O3S. The molecule has 3 amide bonds. The molecule has 10 heteroatoms. The maximum Gasteiger partial charge on any atom is 0.318 e. The quantitative estimate of drug-likeness (QED) is 0.758. The third-order valence-corrected chi connectivity index (χ3v) is 5.20. The van der Waals surface area contributed by atoms with Gasteiger partial charge in [-0.1, -0.05) is 29.5 Å². The highest BCUT2D eigenvalue weighted by Gasteiger charge is 2.24. The minimum Gasteiger partial charge on any atom is -0.377 e. The average molecular weight is 404 g/mol. The summed E-state index contributed by atoms with van der Waals surface area (Å²) in [5, 5.41) is 14.3. The number of benzene rings is 1. The first-order valence-electron chi connectivity index (χ1n) is 9.04. The molecule has 2 heterocycles. The molecule has 1 aliphatic rings. The molecular weight excluding hydrogens is 380 g/mol. The van der Waals surface area contributed by atoms with Crippen LogP contribution in [0.25, 0.3) is 0 Å². The van der Waals surface area contributed by atoms with Crippen molar-refractivity contribution in [2.24, 2.45) is 0 Å². The summed E-state index contributed by atoms with van der Waals surface area (Å²) in [4.78, 5) is 28.7. The number of rotatable bonds is 6. The number of nitrogens with one attached hydrogen (secondary N) is 2. The molecule has 150 valence electrons. The molecule has 1 atom stereocenters. The lowest BCUT2D eigenvalue weighted by Crippen LogP contribution is -2.54. The molecule has 2 aromatic rings. The van der Waals surface area contributed by atoms with Gasteiger partial charge in [-0.25, -0.2) is 4.79 Å². The largest absolute Gasteiger partial charge is 0.377 e. The lowest BCUT2D eigenvalue weighted by molar-refractivity contribution is -0.117. The minimum atomic E-state index is -0.686. The molecule has 9 nitrogen and oxygen atoms in total. The molecule has 0 bridgehead atoms. The number of carbonyl (C=O) groups is 2. The van der Waals surface area contributed by atoms with E-state index in [1.54, 1.807) is 18.9 Å². The van der Waals surface area contributed by atoms with Crippen molar-refractivity contribution in [1.29, 1.82) is 0 Å². The van der Waals surface area contributed by atoms with Crippen molar-refractivity contribution in [2.75, 3.05) is 43.5 Å². The number of ether oxygens (including phenoxy) is 1. The van der Waals surface area contributed by atoms with Crippen molar-refractivity contribution < 1.29 is 14.3 Å². The summed E-state index contributed by atoms with van der Waals surface area (Å²) in [7, 11) is 1.57. The normalized spacial score (nSPS) is 15.2. The van der Waals surface area contributed by atoms with Crippen LogP contribution in [0.15, 0.2) is 30.3 Å². The van der Waals surface area contributed by atoms with Gasteiger partial charge in [0.2, 0.25) is 11.0 Å². The van der Waals surface area contributed by atoms with Crippen molar-refractivity contribution in [3.8, 4) is 0 Å². The lowest BCUT2D eigenvalue weighted by Gasteiger charge is -2.36. The van der Waals surface area contributed by atoms with Crippen LogP contribution in [0.2, 0.25) is 0 Å². The lowest BCUT2D eigenvalue weighted by atomic mass is 10.2. The third-order valence-electron chi connectivity index (χ3n) is 4.39. The van der Waals surface area contributed by atoms with Crippen LogP contribution in [0, 0.1) is 0 Å². The highest BCUT2D eigenvalue weighted by molar-refractivity contribution is 7.15. The highest BCUT2D eigenvalue weighted by atomic mass is 32.1. The van der Waals surface area contributed by atoms with Gasteiger partial charge < -0.3 is 19.9 Å². The van der Waals surface area contributed by atoms with Crippen molar-refractivity contribution in [3.05, 3.63) is 35.3 Å². The Morgan fingerprint density at radius 2 is 1.89 bits per heavy atom. The number of methoxy groups -OCH3 is 1. The first kappa shape index (κ1) is 20.0. The van der Waals surface area contributed by atoms with Crippen LogP contribution >= 0.6 is 11.3 Å². The number of hydrogen-bond acceptors (Lipinski definition) is 7. The van der Waals surface area contributed by atoms with Crippen molar-refractivity contribution in [3.63, 3.8) is 0 Å². The Hall–Kier alpha value is -2.72. The smallest absolute Gasteiger partial charge is 0.318 e. The number of aromatic nitrogens is 2. The zero-order chi connectivity index (χ0) is 19.9. The second-order valence-corrected chi connectivity index (χ2v) is 7.47. The van der Waals surface area contributed by atoms with Crippen LogP contribution in [-0.4, -0.2) is 66.4 Å². The van der Waals surface area contributed by atoms with E-state index in [0.717, 1.165) is 18.8 Å². The van der Waals surface area contributed by atoms with E-state index in [0.29, 0.717) is 29.8 Å². The topological polar surface area (TPSA) is 99.7 Å². The number of anilines is 2. The fourth-order valence-electron chi connectivity index (χ4n) is 2.85. The summed E-state index contributed by atoms with van der Waals surface area (Å²) >= 11 is 1.24. The Morgan fingerprint density at radius 1 is 1.18 bits per heavy atom. The minimum absolute atomic E-state index is 0.243. The summed E-state index contributed by atoms with van der Waals surface area (Å²) in [5.74, 6) is -0.337. The van der Waals surface area contributed by atoms with Crippen LogP contribution in [0.1, 0.15) is 11.9 Å². The van der Waals surface area contributed by atoms with Crippen LogP contribution in [-0.2, 0) is 16.1 Å². The standard InChI is InChI=1S/C18H24N6O3S/c1-13(16(25)20-17-22-21-15(28-17)12-27-2)19-18(26)24-10-8-23(9-11-24)14-6-4-3-5-7-14/h3-7,13H,8-12H2,1-2H3,(H,19,26)(H,20,22,25)/t13-/m1/s1. The van der Waals surface area contributed by atoms with E-state index in [1.165, 1.54) is 11.3 Å². The molecule has 1 saturated heterocycles. The van der Waals surface area contributed by atoms with Gasteiger partial charge in [-0.05, 0) is 19.1 Å². The molecule has 0 spiro atoms. The first-order chi connectivity index (χ1) is 13.6. The maximum absolute atomic E-state index is 12.5. The van der Waals surface area contributed by atoms with E-state index < -0.39 is 6.04 Å². The van der Waals surface area contributed by atoms with E-state index >= 15 is 0 Å². The molecule has 3 rings (SSSR count). The number of hydrogen-bond donors (Lipinski definition) is 2. The Bertz CT molecular complexity index is 792. The molecule has 0 saturated carbocycles. The number of carbonyl (C=O) groups excluding carboxylic acids is 2. The Morgan fingerprint density at radius 3 is 2.57 bits per heavy atom. The van der Waals surface area contributed by atoms with Gasteiger partial charge in [0.05, 0.1) is 0 Å².